The molecule has 0 aliphatic rings. The lowest BCUT2D eigenvalue weighted by atomic mass is 10.1. The fourth-order valence-corrected chi connectivity index (χ4v) is 4.83. The van der Waals surface area contributed by atoms with Crippen molar-refractivity contribution in [2.24, 2.45) is 0 Å². The Morgan fingerprint density at radius 2 is 1.19 bits per heavy atom. The predicted octanol–water partition coefficient (Wildman–Crippen LogP) is 6.62. The molecule has 0 aromatic carbocycles. The molecule has 0 fully saturated rings. The van der Waals surface area contributed by atoms with Crippen molar-refractivity contribution in [2.75, 3.05) is 26.2 Å². The standard InChI is InChI=1S/C29H58N2O.H3O4P/c1-6-10-13-14-15-16-17-18-19-23-29(32)30-24-22-27-31(28(5)9-4,25-20-11-7-2)26-21-12-8-3;1-5(2,3)4/h9,28H,4,6-8,10-27H2,1-3,5H3;(H3,1,2,3,4). The Kier molecular flexibility index (Phi) is 26.5. The molecule has 0 saturated carbocycles. The zero-order chi connectivity index (χ0) is 28.4. The molecule has 0 aliphatic heterocycles. The van der Waals surface area contributed by atoms with Crippen molar-refractivity contribution in [3.63, 3.8) is 0 Å². The van der Waals surface area contributed by atoms with Gasteiger partial charge >= 0.3 is 0 Å². The van der Waals surface area contributed by atoms with E-state index < -0.39 is 7.82 Å². The normalized spacial score (nSPS) is 12.5. The number of quaternary nitrogens is 1. The van der Waals surface area contributed by atoms with Gasteiger partial charge in [0.15, 0.2) is 0 Å². The minimum absolute atomic E-state index is 0.250. The smallest absolute Gasteiger partial charge is 0.262 e. The van der Waals surface area contributed by atoms with Crippen LogP contribution in [-0.4, -0.2) is 52.4 Å². The van der Waals surface area contributed by atoms with Crippen LogP contribution in [0.25, 0.3) is 0 Å². The van der Waals surface area contributed by atoms with Crippen LogP contribution in [0.1, 0.15) is 137 Å². The Morgan fingerprint density at radius 1 is 0.811 bits per heavy atom. The molecule has 0 bridgehead atoms. The maximum atomic E-state index is 12.3. The van der Waals surface area contributed by atoms with E-state index in [1.54, 1.807) is 0 Å². The van der Waals surface area contributed by atoms with Crippen molar-refractivity contribution in [2.45, 2.75) is 143 Å². The Hall–Kier alpha value is -0.720. The van der Waals surface area contributed by atoms with E-state index in [-0.39, 0.29) is 5.91 Å². The second-order valence-corrected chi connectivity index (χ2v) is 11.5. The fraction of sp³-hybridized carbons (Fsp3) is 0.897. The van der Waals surface area contributed by atoms with Crippen molar-refractivity contribution < 1.29 is 28.5 Å². The molecule has 0 heterocycles. The summed E-state index contributed by atoms with van der Waals surface area (Å²) in [4.78, 5) is 35.2. The zero-order valence-electron chi connectivity index (χ0n) is 24.7. The summed E-state index contributed by atoms with van der Waals surface area (Å²) in [5.41, 5.74) is 0. The molecule has 0 radical (unpaired) electrons. The number of unbranched alkanes of at least 4 members (excludes halogenated alkanes) is 12. The Morgan fingerprint density at radius 3 is 1.62 bits per heavy atom. The van der Waals surface area contributed by atoms with E-state index in [0.29, 0.717) is 12.5 Å². The van der Waals surface area contributed by atoms with E-state index in [4.69, 9.17) is 19.2 Å². The van der Waals surface area contributed by atoms with Gasteiger partial charge in [-0.05, 0) is 45.1 Å². The molecule has 1 amide bonds. The number of rotatable bonds is 24. The molecule has 1 unspecified atom stereocenters. The van der Waals surface area contributed by atoms with Crippen LogP contribution in [0, 0.1) is 0 Å². The van der Waals surface area contributed by atoms with Crippen LogP contribution in [0.4, 0.5) is 0 Å². The summed E-state index contributed by atoms with van der Waals surface area (Å²) in [7, 11) is -4.89. The third-order valence-corrected chi connectivity index (χ3v) is 7.23. The van der Waals surface area contributed by atoms with E-state index >= 15 is 0 Å². The molecule has 0 rings (SSSR count). The minimum atomic E-state index is -4.89. The summed E-state index contributed by atoms with van der Waals surface area (Å²) in [5.74, 6) is 0.250. The van der Waals surface area contributed by atoms with Gasteiger partial charge < -0.3 is 24.5 Å². The monoisotopic (exact) mass is 548 g/mol. The number of hydrogen-bond donors (Lipinski definition) is 3. The first-order valence-corrected chi connectivity index (χ1v) is 16.6. The van der Waals surface area contributed by atoms with E-state index in [1.807, 2.05) is 0 Å². The second kappa shape index (κ2) is 25.6. The average Bonchev–Trinajstić information content (AvgIpc) is 2.84. The number of carbonyl (C=O) groups is 1. The molecule has 7 nitrogen and oxygen atoms in total. The maximum absolute atomic E-state index is 12.3. The van der Waals surface area contributed by atoms with Crippen molar-refractivity contribution in [3.05, 3.63) is 12.7 Å². The number of phosphoric acid groups is 1. The average molecular weight is 549 g/mol. The van der Waals surface area contributed by atoms with E-state index in [2.05, 4.69) is 45.7 Å². The molecular formula is C29H61N2O5P. The van der Waals surface area contributed by atoms with Gasteiger partial charge in [0.1, 0.15) is 6.04 Å². The van der Waals surface area contributed by atoms with Gasteiger partial charge in [-0.15, -0.1) is 0 Å². The number of amides is 1. The van der Waals surface area contributed by atoms with Crippen LogP contribution < -0.4 is 10.2 Å². The van der Waals surface area contributed by atoms with Gasteiger partial charge in [0.05, 0.1) is 19.6 Å². The van der Waals surface area contributed by atoms with Crippen molar-refractivity contribution in [3.8, 4) is 0 Å². The van der Waals surface area contributed by atoms with Crippen LogP contribution in [0.3, 0.4) is 0 Å². The Labute approximate surface area is 229 Å². The van der Waals surface area contributed by atoms with Gasteiger partial charge in [-0.3, -0.25) is 9.36 Å². The largest absolute Gasteiger partial charge is 0.756 e. The van der Waals surface area contributed by atoms with Gasteiger partial charge in [0.25, 0.3) is 7.82 Å². The van der Waals surface area contributed by atoms with Crippen LogP contribution >= 0.6 is 7.82 Å². The molecule has 8 heteroatoms. The summed E-state index contributed by atoms with van der Waals surface area (Å²) >= 11 is 0. The lowest BCUT2D eigenvalue weighted by molar-refractivity contribution is -0.944. The van der Waals surface area contributed by atoms with Crippen LogP contribution in [0.15, 0.2) is 12.7 Å². The molecule has 3 N–H and O–H groups in total. The van der Waals surface area contributed by atoms with Crippen LogP contribution in [0.5, 0.6) is 0 Å². The first kappa shape index (κ1) is 38.4. The third-order valence-electron chi connectivity index (χ3n) is 7.23. The Bertz CT molecular complexity index is 564. The first-order chi connectivity index (χ1) is 17.6. The van der Waals surface area contributed by atoms with Gasteiger partial charge in [-0.1, -0.05) is 91.6 Å². The second-order valence-electron chi connectivity index (χ2n) is 10.6. The number of nitrogens with one attached hydrogen (secondary N) is 1. The molecule has 0 aliphatic carbocycles. The SMILES string of the molecule is C=CC(C)[N+](CCCCC)(CCCCC)CCCNC(=O)CCCCCCCCCCC.O=P([O-])(O)O. The lowest BCUT2D eigenvalue weighted by Gasteiger charge is -2.43. The molecule has 37 heavy (non-hydrogen) atoms. The highest BCUT2D eigenvalue weighted by atomic mass is 31.2. The van der Waals surface area contributed by atoms with Gasteiger partial charge in [-0.25, -0.2) is 0 Å². The molecule has 0 aromatic heterocycles. The minimum Gasteiger partial charge on any atom is -0.756 e. The highest BCUT2D eigenvalue weighted by Crippen LogP contribution is 2.21. The van der Waals surface area contributed by atoms with Crippen molar-refractivity contribution in [1.82, 2.24) is 5.32 Å². The number of nitrogens with zero attached hydrogens (tertiary/aromatic N) is 1. The topological polar surface area (TPSA) is 110 Å². The molecule has 0 aromatic rings. The van der Waals surface area contributed by atoms with Crippen molar-refractivity contribution in [1.29, 1.82) is 0 Å². The van der Waals surface area contributed by atoms with Crippen LogP contribution in [0.2, 0.25) is 0 Å². The summed E-state index contributed by atoms with van der Waals surface area (Å²) in [6.45, 7) is 17.8. The number of hydrogen-bond acceptors (Lipinski definition) is 3. The third kappa shape index (κ3) is 26.7. The summed E-state index contributed by atoms with van der Waals surface area (Å²) in [6.07, 6.45) is 23.4. The summed E-state index contributed by atoms with van der Waals surface area (Å²) < 4.78 is 9.92. The quantitative estimate of drug-likeness (QED) is 0.0543. The van der Waals surface area contributed by atoms with Gasteiger partial charge in [0.2, 0.25) is 5.91 Å². The Balaban J connectivity index is 0. The summed E-state index contributed by atoms with van der Waals surface area (Å²) in [6, 6.07) is 0.487. The number of carbonyl (C=O) groups excluding carboxylic acids is 1. The molecule has 222 valence electrons. The molecular weight excluding hydrogens is 487 g/mol. The van der Waals surface area contributed by atoms with Crippen molar-refractivity contribution >= 4 is 13.7 Å². The van der Waals surface area contributed by atoms with E-state index in [9.17, 15) is 4.79 Å². The van der Waals surface area contributed by atoms with Gasteiger partial charge in [0, 0.05) is 19.4 Å². The first-order valence-electron chi connectivity index (χ1n) is 15.1. The molecule has 0 spiro atoms. The highest BCUT2D eigenvalue weighted by molar-refractivity contribution is 7.43. The predicted molar refractivity (Wildman–Crippen MR) is 155 cm³/mol. The zero-order valence-corrected chi connectivity index (χ0v) is 25.6. The van der Waals surface area contributed by atoms with E-state index in [1.165, 1.54) is 103 Å². The molecule has 1 atom stereocenters. The van der Waals surface area contributed by atoms with Crippen LogP contribution in [-0.2, 0) is 9.36 Å². The van der Waals surface area contributed by atoms with E-state index in [0.717, 1.165) is 30.4 Å². The highest BCUT2D eigenvalue weighted by Gasteiger charge is 2.30. The summed E-state index contributed by atoms with van der Waals surface area (Å²) in [5, 5.41) is 3.20. The van der Waals surface area contributed by atoms with Gasteiger partial charge in [-0.2, -0.15) is 0 Å². The lowest BCUT2D eigenvalue weighted by Crippen LogP contribution is -2.55. The molecule has 0 saturated heterocycles. The maximum Gasteiger partial charge on any atom is 0.262 e. The fourth-order valence-electron chi connectivity index (χ4n) is 4.83.